The fraction of sp³-hybridized carbons (Fsp3) is 0.222. The van der Waals surface area contributed by atoms with Gasteiger partial charge >= 0.3 is 5.97 Å². The van der Waals surface area contributed by atoms with Crippen molar-refractivity contribution in [2.45, 2.75) is 20.3 Å². The minimum atomic E-state index is -0.535. The van der Waals surface area contributed by atoms with Gasteiger partial charge in [-0.05, 0) is 54.8 Å². The van der Waals surface area contributed by atoms with E-state index in [4.69, 9.17) is 4.74 Å². The summed E-state index contributed by atoms with van der Waals surface area (Å²) >= 11 is 0. The molecule has 0 saturated carbocycles. The first kappa shape index (κ1) is 16.7. The second-order valence-corrected chi connectivity index (χ2v) is 5.31. The van der Waals surface area contributed by atoms with Crippen molar-refractivity contribution < 1.29 is 18.7 Å². The average molecular weight is 315 g/mol. The molecule has 1 N–H and O–H groups in total. The number of carbonyl (C=O) groups excluding carboxylic acids is 2. The maximum atomic E-state index is 12.8. The zero-order valence-electron chi connectivity index (χ0n) is 13.1. The van der Waals surface area contributed by atoms with Crippen molar-refractivity contribution in [2.75, 3.05) is 11.9 Å². The van der Waals surface area contributed by atoms with E-state index in [1.54, 1.807) is 6.07 Å². The fourth-order valence-electron chi connectivity index (χ4n) is 1.98. The number of hydrogen-bond donors (Lipinski definition) is 1. The molecular formula is C18H18FNO3. The highest BCUT2D eigenvalue weighted by molar-refractivity contribution is 5.93. The number of benzene rings is 2. The van der Waals surface area contributed by atoms with Gasteiger partial charge in [-0.1, -0.05) is 18.2 Å². The molecule has 0 fully saturated rings. The van der Waals surface area contributed by atoms with Gasteiger partial charge in [0, 0.05) is 5.69 Å². The predicted octanol–water partition coefficient (Wildman–Crippen LogP) is 3.17. The van der Waals surface area contributed by atoms with Gasteiger partial charge in [0.15, 0.2) is 6.61 Å². The summed E-state index contributed by atoms with van der Waals surface area (Å²) in [6, 6.07) is 11.1. The van der Waals surface area contributed by atoms with E-state index in [-0.39, 0.29) is 18.8 Å². The van der Waals surface area contributed by atoms with Crippen LogP contribution in [0.3, 0.4) is 0 Å². The predicted molar refractivity (Wildman–Crippen MR) is 85.6 cm³/mol. The van der Waals surface area contributed by atoms with E-state index in [2.05, 4.69) is 5.32 Å². The van der Waals surface area contributed by atoms with Crippen molar-refractivity contribution in [1.29, 1.82) is 0 Å². The van der Waals surface area contributed by atoms with Crippen LogP contribution < -0.4 is 5.32 Å². The largest absolute Gasteiger partial charge is 0.455 e. The molecule has 0 aromatic heterocycles. The topological polar surface area (TPSA) is 55.4 Å². The number of rotatable bonds is 5. The molecule has 0 saturated heterocycles. The Kier molecular flexibility index (Phi) is 5.46. The Hall–Kier alpha value is -2.69. The molecule has 0 atom stereocenters. The van der Waals surface area contributed by atoms with Crippen LogP contribution in [0.15, 0.2) is 42.5 Å². The van der Waals surface area contributed by atoms with Crippen LogP contribution in [0.1, 0.15) is 16.7 Å². The maximum Gasteiger partial charge on any atom is 0.310 e. The summed E-state index contributed by atoms with van der Waals surface area (Å²) in [4.78, 5) is 23.4. The Morgan fingerprint density at radius 1 is 1.04 bits per heavy atom. The van der Waals surface area contributed by atoms with E-state index in [9.17, 15) is 14.0 Å². The molecule has 0 aliphatic heterocycles. The fourth-order valence-corrected chi connectivity index (χ4v) is 1.98. The molecule has 0 unspecified atom stereocenters. The lowest BCUT2D eigenvalue weighted by Crippen LogP contribution is -2.21. The Bertz CT molecular complexity index is 711. The third-order valence-corrected chi connectivity index (χ3v) is 3.42. The van der Waals surface area contributed by atoms with Gasteiger partial charge in [-0.2, -0.15) is 0 Å². The number of aryl methyl sites for hydroxylation is 2. The molecule has 0 aliphatic rings. The van der Waals surface area contributed by atoms with Crippen LogP contribution >= 0.6 is 0 Å². The number of esters is 1. The number of anilines is 1. The van der Waals surface area contributed by atoms with E-state index in [1.807, 2.05) is 26.0 Å². The number of halogens is 1. The van der Waals surface area contributed by atoms with E-state index in [1.165, 1.54) is 24.3 Å². The van der Waals surface area contributed by atoms with Crippen LogP contribution in [0.25, 0.3) is 0 Å². The molecule has 2 rings (SSSR count). The van der Waals surface area contributed by atoms with E-state index in [0.29, 0.717) is 11.3 Å². The molecule has 120 valence electrons. The third kappa shape index (κ3) is 5.21. The second kappa shape index (κ2) is 7.54. The third-order valence-electron chi connectivity index (χ3n) is 3.42. The lowest BCUT2D eigenvalue weighted by Gasteiger charge is -2.08. The van der Waals surface area contributed by atoms with Crippen molar-refractivity contribution in [3.63, 3.8) is 0 Å². The first-order chi connectivity index (χ1) is 10.9. The molecule has 0 spiro atoms. The molecule has 4 nitrogen and oxygen atoms in total. The summed E-state index contributed by atoms with van der Waals surface area (Å²) in [5.74, 6) is -1.30. The van der Waals surface area contributed by atoms with Gasteiger partial charge in [0.1, 0.15) is 5.82 Å². The molecule has 2 aromatic rings. The van der Waals surface area contributed by atoms with Gasteiger partial charge in [-0.25, -0.2) is 4.39 Å². The van der Waals surface area contributed by atoms with Gasteiger partial charge in [0.05, 0.1) is 6.42 Å². The molecular weight excluding hydrogens is 297 g/mol. The van der Waals surface area contributed by atoms with Gasteiger partial charge in [-0.3, -0.25) is 9.59 Å². The average Bonchev–Trinajstić information content (AvgIpc) is 2.51. The van der Waals surface area contributed by atoms with E-state index in [0.717, 1.165) is 11.1 Å². The van der Waals surface area contributed by atoms with E-state index >= 15 is 0 Å². The summed E-state index contributed by atoms with van der Waals surface area (Å²) < 4.78 is 17.7. The molecule has 23 heavy (non-hydrogen) atoms. The van der Waals surface area contributed by atoms with Crippen molar-refractivity contribution in [3.8, 4) is 0 Å². The lowest BCUT2D eigenvalue weighted by molar-refractivity contribution is -0.146. The minimum Gasteiger partial charge on any atom is -0.455 e. The highest BCUT2D eigenvalue weighted by Gasteiger charge is 2.09. The Balaban J connectivity index is 1.80. The molecule has 5 heteroatoms. The monoisotopic (exact) mass is 315 g/mol. The summed E-state index contributed by atoms with van der Waals surface area (Å²) in [6.07, 6.45) is -0.00278. The van der Waals surface area contributed by atoms with Gasteiger partial charge < -0.3 is 10.1 Å². The van der Waals surface area contributed by atoms with Crippen LogP contribution in [0.2, 0.25) is 0 Å². The number of nitrogens with one attached hydrogen (secondary N) is 1. The zero-order chi connectivity index (χ0) is 16.8. The van der Waals surface area contributed by atoms with Gasteiger partial charge in [-0.15, -0.1) is 0 Å². The highest BCUT2D eigenvalue weighted by Crippen LogP contribution is 2.14. The summed E-state index contributed by atoms with van der Waals surface area (Å²) in [5.41, 5.74) is 3.49. The number of amides is 1. The first-order valence-electron chi connectivity index (χ1n) is 7.21. The zero-order valence-corrected chi connectivity index (χ0v) is 13.1. The van der Waals surface area contributed by atoms with Crippen molar-refractivity contribution >= 4 is 17.6 Å². The summed E-state index contributed by atoms with van der Waals surface area (Å²) in [6.45, 7) is 3.58. The quantitative estimate of drug-likeness (QED) is 0.862. The van der Waals surface area contributed by atoms with Crippen molar-refractivity contribution in [3.05, 3.63) is 65.0 Å². The van der Waals surface area contributed by atoms with Crippen LogP contribution in [0.5, 0.6) is 0 Å². The Labute approximate surface area is 134 Å². The highest BCUT2D eigenvalue weighted by atomic mass is 19.1. The minimum absolute atomic E-state index is 0.00278. The second-order valence-electron chi connectivity index (χ2n) is 5.31. The van der Waals surface area contributed by atoms with Gasteiger partial charge in [0.2, 0.25) is 0 Å². The molecule has 1 amide bonds. The van der Waals surface area contributed by atoms with Crippen LogP contribution in [0.4, 0.5) is 10.1 Å². The van der Waals surface area contributed by atoms with Crippen molar-refractivity contribution in [1.82, 2.24) is 0 Å². The lowest BCUT2D eigenvalue weighted by atomic mass is 10.1. The summed E-state index contributed by atoms with van der Waals surface area (Å²) in [7, 11) is 0. The van der Waals surface area contributed by atoms with E-state index < -0.39 is 11.9 Å². The van der Waals surface area contributed by atoms with Crippen molar-refractivity contribution in [2.24, 2.45) is 0 Å². The van der Waals surface area contributed by atoms with Crippen LogP contribution in [-0.4, -0.2) is 18.5 Å². The standard InChI is InChI=1S/C18H18FNO3/c1-12-3-8-16(9-13(12)2)20-17(21)11-23-18(22)10-14-4-6-15(19)7-5-14/h3-9H,10-11H2,1-2H3,(H,20,21). The number of carbonyl (C=O) groups is 2. The molecule has 0 radical (unpaired) electrons. The Morgan fingerprint density at radius 2 is 1.74 bits per heavy atom. The molecule has 0 aliphatic carbocycles. The molecule has 0 heterocycles. The van der Waals surface area contributed by atoms with Crippen LogP contribution in [-0.2, 0) is 20.7 Å². The maximum absolute atomic E-state index is 12.8. The van der Waals surface area contributed by atoms with Gasteiger partial charge in [0.25, 0.3) is 5.91 Å². The van der Waals surface area contributed by atoms with Crippen LogP contribution in [0, 0.1) is 19.7 Å². The Morgan fingerprint density at radius 3 is 2.39 bits per heavy atom. The molecule has 2 aromatic carbocycles. The SMILES string of the molecule is Cc1ccc(NC(=O)COC(=O)Cc2ccc(F)cc2)cc1C. The number of ether oxygens (including phenoxy) is 1. The molecule has 0 bridgehead atoms. The number of hydrogen-bond acceptors (Lipinski definition) is 3. The smallest absolute Gasteiger partial charge is 0.310 e. The normalized spacial score (nSPS) is 10.2. The first-order valence-corrected chi connectivity index (χ1v) is 7.21. The summed E-state index contributed by atoms with van der Waals surface area (Å²) in [5, 5.41) is 2.67.